The summed E-state index contributed by atoms with van der Waals surface area (Å²) in [7, 11) is -4.00. The Hall–Kier alpha value is -2.68. The van der Waals surface area contributed by atoms with E-state index in [-0.39, 0.29) is 16.5 Å². The lowest BCUT2D eigenvalue weighted by Crippen LogP contribution is -2.14. The van der Waals surface area contributed by atoms with E-state index in [0.29, 0.717) is 34.8 Å². The molecule has 0 fully saturated rings. The van der Waals surface area contributed by atoms with Crippen LogP contribution >= 0.6 is 0 Å². The molecule has 138 valence electrons. The molecule has 2 N–H and O–H groups in total. The monoisotopic (exact) mass is 378 g/mol. The van der Waals surface area contributed by atoms with E-state index < -0.39 is 15.8 Å². The third-order valence-corrected chi connectivity index (χ3v) is 5.56. The summed E-state index contributed by atoms with van der Waals surface area (Å²) in [6, 6.07) is 4.16. The third-order valence-electron chi connectivity index (χ3n) is 4.01. The minimum Gasteiger partial charge on any atom is -0.361 e. The fraction of sp³-hybridized carbons (Fsp3) is 0.294. The van der Waals surface area contributed by atoms with Crippen molar-refractivity contribution in [1.82, 2.24) is 15.1 Å². The first-order chi connectivity index (χ1) is 12.2. The van der Waals surface area contributed by atoms with E-state index in [1.807, 2.05) is 6.92 Å². The normalized spacial score (nSPS) is 11.7. The van der Waals surface area contributed by atoms with E-state index in [1.54, 1.807) is 20.8 Å². The number of hydrogen-bond donors (Lipinski definition) is 2. The number of hydrogen-bond acceptors (Lipinski definition) is 5. The van der Waals surface area contributed by atoms with Gasteiger partial charge in [-0.2, -0.15) is 4.98 Å². The molecule has 0 aliphatic rings. The number of aromatic amines is 1. The lowest BCUT2D eigenvalue weighted by atomic mass is 10.2. The molecule has 7 nitrogen and oxygen atoms in total. The SMILES string of the molecule is CCc1noc(-c2c(C)[nH]c(C)c2S(=O)(=O)Nc2ccc(C)c(F)c2)n1. The highest BCUT2D eigenvalue weighted by Gasteiger charge is 2.29. The first kappa shape index (κ1) is 18.1. The molecule has 2 aromatic heterocycles. The quantitative estimate of drug-likeness (QED) is 0.708. The Balaban J connectivity index is 2.08. The lowest BCUT2D eigenvalue weighted by Gasteiger charge is -2.10. The van der Waals surface area contributed by atoms with Crippen molar-refractivity contribution in [2.45, 2.75) is 39.0 Å². The molecule has 0 radical (unpaired) electrons. The first-order valence-corrected chi connectivity index (χ1v) is 9.52. The van der Waals surface area contributed by atoms with Gasteiger partial charge in [0.05, 0.1) is 11.3 Å². The van der Waals surface area contributed by atoms with E-state index in [2.05, 4.69) is 19.8 Å². The van der Waals surface area contributed by atoms with Crippen LogP contribution in [0.4, 0.5) is 10.1 Å². The van der Waals surface area contributed by atoms with Crippen LogP contribution in [0.5, 0.6) is 0 Å². The fourth-order valence-corrected chi connectivity index (χ4v) is 4.22. The number of nitrogens with zero attached hydrogens (tertiary/aromatic N) is 2. The average molecular weight is 378 g/mol. The highest BCUT2D eigenvalue weighted by molar-refractivity contribution is 7.93. The number of aromatic nitrogens is 3. The highest BCUT2D eigenvalue weighted by Crippen LogP contribution is 2.33. The summed E-state index contributed by atoms with van der Waals surface area (Å²) in [6.45, 7) is 6.84. The first-order valence-electron chi connectivity index (χ1n) is 8.04. The average Bonchev–Trinajstić information content (AvgIpc) is 3.14. The number of anilines is 1. The summed E-state index contributed by atoms with van der Waals surface area (Å²) in [5.41, 5.74) is 1.89. The molecule has 0 amide bonds. The van der Waals surface area contributed by atoms with Crippen molar-refractivity contribution in [3.63, 3.8) is 0 Å². The van der Waals surface area contributed by atoms with E-state index >= 15 is 0 Å². The van der Waals surface area contributed by atoms with Crippen molar-refractivity contribution in [3.8, 4) is 11.5 Å². The summed E-state index contributed by atoms with van der Waals surface area (Å²) in [6.07, 6.45) is 0.564. The van der Waals surface area contributed by atoms with Gasteiger partial charge in [0.1, 0.15) is 10.7 Å². The zero-order valence-electron chi connectivity index (χ0n) is 14.8. The van der Waals surface area contributed by atoms with E-state index in [0.717, 1.165) is 6.07 Å². The van der Waals surface area contributed by atoms with Crippen LogP contribution in [0.1, 0.15) is 29.7 Å². The van der Waals surface area contributed by atoms with Gasteiger partial charge in [0, 0.05) is 17.8 Å². The minimum atomic E-state index is -4.00. The van der Waals surface area contributed by atoms with Crippen molar-refractivity contribution in [3.05, 3.63) is 46.8 Å². The van der Waals surface area contributed by atoms with Gasteiger partial charge in [-0.3, -0.25) is 4.72 Å². The highest BCUT2D eigenvalue weighted by atomic mass is 32.2. The molecule has 0 saturated carbocycles. The van der Waals surface area contributed by atoms with Crippen molar-refractivity contribution < 1.29 is 17.3 Å². The van der Waals surface area contributed by atoms with Gasteiger partial charge in [0.15, 0.2) is 5.82 Å². The molecule has 0 spiro atoms. The van der Waals surface area contributed by atoms with E-state index in [9.17, 15) is 12.8 Å². The molecule has 3 aromatic rings. The van der Waals surface area contributed by atoms with Gasteiger partial charge >= 0.3 is 0 Å². The van der Waals surface area contributed by atoms with Crippen LogP contribution in [0, 0.1) is 26.6 Å². The Morgan fingerprint density at radius 1 is 1.23 bits per heavy atom. The van der Waals surface area contributed by atoms with Gasteiger partial charge in [-0.05, 0) is 38.5 Å². The minimum absolute atomic E-state index is 0.00212. The van der Waals surface area contributed by atoms with Crippen LogP contribution in [0.2, 0.25) is 0 Å². The van der Waals surface area contributed by atoms with Crippen LogP contribution in [0.3, 0.4) is 0 Å². The Morgan fingerprint density at radius 2 is 1.96 bits per heavy atom. The predicted octanol–water partition coefficient (Wildman–Crippen LogP) is 3.49. The van der Waals surface area contributed by atoms with Gasteiger partial charge in [-0.15, -0.1) is 0 Å². The van der Waals surface area contributed by atoms with E-state index in [1.165, 1.54) is 12.1 Å². The number of H-pyrrole nitrogens is 1. The number of sulfonamides is 1. The number of halogens is 1. The van der Waals surface area contributed by atoms with Crippen LogP contribution in [0.15, 0.2) is 27.6 Å². The molecular formula is C17H19FN4O3S. The summed E-state index contributed by atoms with van der Waals surface area (Å²) in [4.78, 5) is 7.23. The number of rotatable bonds is 5. The predicted molar refractivity (Wildman–Crippen MR) is 94.9 cm³/mol. The standard InChI is InChI=1S/C17H19FN4O3S/c1-5-14-20-17(25-21-14)15-10(3)19-11(4)16(15)26(23,24)22-12-7-6-9(2)13(18)8-12/h6-8,19,22H,5H2,1-4H3. The summed E-state index contributed by atoms with van der Waals surface area (Å²) in [5, 5.41) is 3.83. The molecule has 26 heavy (non-hydrogen) atoms. The second-order valence-electron chi connectivity index (χ2n) is 6.02. The van der Waals surface area contributed by atoms with Gasteiger partial charge < -0.3 is 9.51 Å². The molecular weight excluding hydrogens is 359 g/mol. The van der Waals surface area contributed by atoms with Crippen molar-refractivity contribution >= 4 is 15.7 Å². The van der Waals surface area contributed by atoms with Gasteiger partial charge in [-0.1, -0.05) is 18.1 Å². The second kappa shape index (κ2) is 6.56. The number of aryl methyl sites for hydroxylation is 4. The summed E-state index contributed by atoms with van der Waals surface area (Å²) < 4.78 is 47.3. The Labute approximate surface area is 150 Å². The number of nitrogens with one attached hydrogen (secondary N) is 2. The Kier molecular flexibility index (Phi) is 4.57. The largest absolute Gasteiger partial charge is 0.361 e. The smallest absolute Gasteiger partial charge is 0.264 e. The maximum Gasteiger partial charge on any atom is 0.264 e. The van der Waals surface area contributed by atoms with Gasteiger partial charge in [0.25, 0.3) is 15.9 Å². The van der Waals surface area contributed by atoms with Crippen LogP contribution < -0.4 is 4.72 Å². The number of benzene rings is 1. The lowest BCUT2D eigenvalue weighted by molar-refractivity contribution is 0.422. The second-order valence-corrected chi connectivity index (χ2v) is 7.64. The zero-order valence-corrected chi connectivity index (χ0v) is 15.7. The molecule has 0 aliphatic heterocycles. The summed E-state index contributed by atoms with van der Waals surface area (Å²) >= 11 is 0. The van der Waals surface area contributed by atoms with Crippen molar-refractivity contribution in [2.24, 2.45) is 0 Å². The maximum atomic E-state index is 13.8. The van der Waals surface area contributed by atoms with Crippen LogP contribution in [-0.4, -0.2) is 23.5 Å². The van der Waals surface area contributed by atoms with E-state index in [4.69, 9.17) is 4.52 Å². The molecule has 1 aromatic carbocycles. The van der Waals surface area contributed by atoms with Crippen molar-refractivity contribution in [1.29, 1.82) is 0 Å². The topological polar surface area (TPSA) is 101 Å². The zero-order chi connectivity index (χ0) is 19.1. The van der Waals surface area contributed by atoms with Crippen molar-refractivity contribution in [2.75, 3.05) is 4.72 Å². The molecule has 3 rings (SSSR count). The molecule has 2 heterocycles. The Morgan fingerprint density at radius 3 is 2.58 bits per heavy atom. The molecule has 0 bridgehead atoms. The third kappa shape index (κ3) is 3.22. The molecule has 0 aliphatic carbocycles. The summed E-state index contributed by atoms with van der Waals surface area (Å²) in [5.74, 6) is 0.117. The molecule has 0 saturated heterocycles. The molecule has 0 unspecified atom stereocenters. The maximum absolute atomic E-state index is 13.8. The van der Waals surface area contributed by atoms with Crippen LogP contribution in [-0.2, 0) is 16.4 Å². The molecule has 0 atom stereocenters. The fourth-order valence-electron chi connectivity index (χ4n) is 2.71. The van der Waals surface area contributed by atoms with Crippen LogP contribution in [0.25, 0.3) is 11.5 Å². The molecule has 9 heteroatoms. The Bertz CT molecular complexity index is 1070. The van der Waals surface area contributed by atoms with Gasteiger partial charge in [-0.25, -0.2) is 12.8 Å². The van der Waals surface area contributed by atoms with Gasteiger partial charge in [0.2, 0.25) is 0 Å².